The van der Waals surface area contributed by atoms with Gasteiger partial charge in [-0.05, 0) is 6.07 Å². The second kappa shape index (κ2) is 6.47. The lowest BCUT2D eigenvalue weighted by Gasteiger charge is -2.12. The molecule has 1 heterocycles. The van der Waals surface area contributed by atoms with Crippen molar-refractivity contribution in [3.05, 3.63) is 22.8 Å². The van der Waals surface area contributed by atoms with Gasteiger partial charge in [-0.15, -0.1) is 11.8 Å². The largest absolute Gasteiger partial charge is 0.469 e. The van der Waals surface area contributed by atoms with Crippen molar-refractivity contribution in [3.63, 3.8) is 0 Å². The molecule has 0 saturated carbocycles. The Kier molecular flexibility index (Phi) is 5.49. The molecule has 0 aliphatic rings. The Labute approximate surface area is 117 Å². The first kappa shape index (κ1) is 16.1. The molecule has 0 aliphatic heterocycles. The van der Waals surface area contributed by atoms with E-state index in [2.05, 4.69) is 9.72 Å². The monoisotopic (exact) mass is 313 g/mol. The lowest BCUT2D eigenvalue weighted by molar-refractivity contribution is -0.140. The second-order valence-electron chi connectivity index (χ2n) is 3.72. The zero-order valence-corrected chi connectivity index (χ0v) is 11.7. The molecule has 106 valence electrons. The molecule has 0 radical (unpaired) electrons. The van der Waals surface area contributed by atoms with Crippen LogP contribution in [-0.4, -0.2) is 23.3 Å². The number of rotatable bonds is 4. The molecular weight excluding hydrogens is 303 g/mol. The van der Waals surface area contributed by atoms with E-state index in [1.807, 2.05) is 0 Å². The first-order valence-electron chi connectivity index (χ1n) is 5.20. The Hall–Kier alpha value is -0.950. The molecule has 0 saturated heterocycles. The van der Waals surface area contributed by atoms with Crippen LogP contribution in [-0.2, 0) is 15.7 Å². The molecular formula is C11H11ClF3NO2S. The molecule has 1 aromatic heterocycles. The van der Waals surface area contributed by atoms with E-state index >= 15 is 0 Å². The molecule has 3 nitrogen and oxygen atoms in total. The van der Waals surface area contributed by atoms with E-state index in [0.29, 0.717) is 0 Å². The first-order chi connectivity index (χ1) is 8.74. The van der Waals surface area contributed by atoms with E-state index in [1.54, 1.807) is 6.92 Å². The van der Waals surface area contributed by atoms with E-state index < -0.39 is 17.7 Å². The molecule has 1 rings (SSSR count). The third-order valence-corrected chi connectivity index (χ3v) is 3.65. The van der Waals surface area contributed by atoms with Crippen molar-refractivity contribution >= 4 is 29.3 Å². The zero-order chi connectivity index (χ0) is 14.6. The van der Waals surface area contributed by atoms with Gasteiger partial charge in [0.25, 0.3) is 0 Å². The normalized spacial score (nSPS) is 13.2. The van der Waals surface area contributed by atoms with Crippen molar-refractivity contribution < 1.29 is 22.7 Å². The lowest BCUT2D eigenvalue weighted by Crippen LogP contribution is -2.09. The van der Waals surface area contributed by atoms with Crippen molar-refractivity contribution in [1.82, 2.24) is 4.98 Å². The fraction of sp³-hybridized carbons (Fsp3) is 0.455. The summed E-state index contributed by atoms with van der Waals surface area (Å²) < 4.78 is 41.7. The number of esters is 1. The van der Waals surface area contributed by atoms with Gasteiger partial charge in [0.05, 0.1) is 24.1 Å². The molecule has 0 fully saturated rings. The van der Waals surface area contributed by atoms with Crippen LogP contribution < -0.4 is 0 Å². The van der Waals surface area contributed by atoms with Gasteiger partial charge in [-0.1, -0.05) is 18.5 Å². The standard InChI is InChI=1S/C11H11ClF3NO2S/c1-6(3-9(17)18-2)19-10-8(12)4-7(5-16-10)11(13,14)15/h4-6H,3H2,1-2H3. The highest BCUT2D eigenvalue weighted by Crippen LogP contribution is 2.35. The summed E-state index contributed by atoms with van der Waals surface area (Å²) in [5.74, 6) is -0.400. The molecule has 8 heteroatoms. The van der Waals surface area contributed by atoms with Crippen molar-refractivity contribution in [2.45, 2.75) is 29.8 Å². The lowest BCUT2D eigenvalue weighted by atomic mass is 10.3. The first-order valence-corrected chi connectivity index (χ1v) is 6.46. The molecule has 1 unspecified atom stereocenters. The molecule has 1 aromatic rings. The molecule has 19 heavy (non-hydrogen) atoms. The highest BCUT2D eigenvalue weighted by atomic mass is 35.5. The molecule has 0 amide bonds. The van der Waals surface area contributed by atoms with Crippen molar-refractivity contribution in [2.24, 2.45) is 0 Å². The van der Waals surface area contributed by atoms with Gasteiger partial charge in [0.1, 0.15) is 5.03 Å². The van der Waals surface area contributed by atoms with Crippen LogP contribution in [0, 0.1) is 0 Å². The highest BCUT2D eigenvalue weighted by Gasteiger charge is 2.31. The van der Waals surface area contributed by atoms with Crippen LogP contribution in [0.15, 0.2) is 17.3 Å². The minimum Gasteiger partial charge on any atom is -0.469 e. The van der Waals surface area contributed by atoms with Crippen molar-refractivity contribution in [1.29, 1.82) is 0 Å². The number of methoxy groups -OCH3 is 1. The molecule has 1 atom stereocenters. The van der Waals surface area contributed by atoms with Gasteiger partial charge in [0, 0.05) is 11.4 Å². The summed E-state index contributed by atoms with van der Waals surface area (Å²) in [5.41, 5.74) is -0.900. The van der Waals surface area contributed by atoms with Crippen LogP contribution in [0.2, 0.25) is 5.02 Å². The minimum absolute atomic E-state index is 0.0865. The summed E-state index contributed by atoms with van der Waals surface area (Å²) in [5, 5.41) is -0.0307. The number of hydrogen-bond donors (Lipinski definition) is 0. The Morgan fingerprint density at radius 3 is 2.68 bits per heavy atom. The van der Waals surface area contributed by atoms with Crippen LogP contribution >= 0.6 is 23.4 Å². The van der Waals surface area contributed by atoms with Crippen LogP contribution in [0.5, 0.6) is 0 Å². The van der Waals surface area contributed by atoms with E-state index in [0.717, 1.165) is 24.0 Å². The third kappa shape index (κ3) is 4.91. The number of ether oxygens (including phenoxy) is 1. The number of nitrogens with zero attached hydrogens (tertiary/aromatic N) is 1. The van der Waals surface area contributed by atoms with Crippen LogP contribution in [0.3, 0.4) is 0 Å². The van der Waals surface area contributed by atoms with Gasteiger partial charge in [0.2, 0.25) is 0 Å². The SMILES string of the molecule is COC(=O)CC(C)Sc1ncc(C(F)(F)F)cc1Cl. The van der Waals surface area contributed by atoms with Gasteiger partial charge < -0.3 is 4.74 Å². The number of alkyl halides is 3. The summed E-state index contributed by atoms with van der Waals surface area (Å²) in [6.45, 7) is 1.73. The van der Waals surface area contributed by atoms with Crippen LogP contribution in [0.25, 0.3) is 0 Å². The second-order valence-corrected chi connectivity index (χ2v) is 5.55. The van der Waals surface area contributed by atoms with Gasteiger partial charge >= 0.3 is 12.1 Å². The third-order valence-electron chi connectivity index (χ3n) is 2.13. The number of carbonyl (C=O) groups is 1. The summed E-state index contributed by atoms with van der Waals surface area (Å²) in [7, 11) is 1.27. The maximum atomic E-state index is 12.4. The fourth-order valence-corrected chi connectivity index (χ4v) is 2.40. The number of thioether (sulfide) groups is 1. The topological polar surface area (TPSA) is 39.2 Å². The molecule has 0 N–H and O–H groups in total. The summed E-state index contributed by atoms with van der Waals surface area (Å²) in [4.78, 5) is 14.7. The highest BCUT2D eigenvalue weighted by molar-refractivity contribution is 8.00. The Balaban J connectivity index is 2.78. The number of pyridine rings is 1. The number of aromatic nitrogens is 1. The Bertz CT molecular complexity index is 468. The minimum atomic E-state index is -4.47. The molecule has 0 aliphatic carbocycles. The van der Waals surface area contributed by atoms with Gasteiger partial charge in [0.15, 0.2) is 0 Å². The summed E-state index contributed by atoms with van der Waals surface area (Å²) in [6.07, 6.45) is -3.63. The molecule has 0 bridgehead atoms. The van der Waals surface area contributed by atoms with Crippen molar-refractivity contribution in [3.8, 4) is 0 Å². The molecule has 0 aromatic carbocycles. The fourth-order valence-electron chi connectivity index (χ4n) is 1.22. The number of halogens is 4. The van der Waals surface area contributed by atoms with Gasteiger partial charge in [-0.25, -0.2) is 4.98 Å². The summed E-state index contributed by atoms with van der Waals surface area (Å²) >= 11 is 6.87. The predicted octanol–water partition coefficient (Wildman–Crippen LogP) is 3.80. The van der Waals surface area contributed by atoms with E-state index in [-0.39, 0.29) is 21.7 Å². The molecule has 0 spiro atoms. The van der Waals surface area contributed by atoms with Gasteiger partial charge in [-0.3, -0.25) is 4.79 Å². The smallest absolute Gasteiger partial charge is 0.417 e. The average molecular weight is 314 g/mol. The maximum absolute atomic E-state index is 12.4. The van der Waals surface area contributed by atoms with Gasteiger partial charge in [-0.2, -0.15) is 13.2 Å². The van der Waals surface area contributed by atoms with Crippen molar-refractivity contribution in [2.75, 3.05) is 7.11 Å². The van der Waals surface area contributed by atoms with E-state index in [1.165, 1.54) is 7.11 Å². The number of carbonyl (C=O) groups excluding carboxylic acids is 1. The number of hydrogen-bond acceptors (Lipinski definition) is 4. The summed E-state index contributed by atoms with van der Waals surface area (Å²) in [6, 6.07) is 0.821. The Morgan fingerprint density at radius 1 is 1.58 bits per heavy atom. The quantitative estimate of drug-likeness (QED) is 0.626. The van der Waals surface area contributed by atoms with Crippen LogP contribution in [0.1, 0.15) is 18.9 Å². The van der Waals surface area contributed by atoms with E-state index in [9.17, 15) is 18.0 Å². The Morgan fingerprint density at radius 2 is 2.21 bits per heavy atom. The maximum Gasteiger partial charge on any atom is 0.417 e. The van der Waals surface area contributed by atoms with E-state index in [4.69, 9.17) is 11.6 Å². The average Bonchev–Trinajstić information content (AvgIpc) is 2.30. The zero-order valence-electron chi connectivity index (χ0n) is 10.1. The predicted molar refractivity (Wildman–Crippen MR) is 66.2 cm³/mol. The van der Waals surface area contributed by atoms with Crippen LogP contribution in [0.4, 0.5) is 13.2 Å².